The van der Waals surface area contributed by atoms with Crippen LogP contribution in [0.25, 0.3) is 16.9 Å². The van der Waals surface area contributed by atoms with Gasteiger partial charge in [-0.1, -0.05) is 0 Å². The van der Waals surface area contributed by atoms with E-state index in [4.69, 9.17) is 9.47 Å². The van der Waals surface area contributed by atoms with Gasteiger partial charge >= 0.3 is 0 Å². The highest BCUT2D eigenvalue weighted by Crippen LogP contribution is 2.30. The van der Waals surface area contributed by atoms with Crippen LogP contribution in [0.1, 0.15) is 5.56 Å². The number of rotatable bonds is 2. The third-order valence-electron chi connectivity index (χ3n) is 3.76. The molecule has 6 heteroatoms. The Morgan fingerprint density at radius 3 is 2.73 bits per heavy atom. The molecule has 0 spiro atoms. The minimum absolute atomic E-state index is 0.0969. The molecular weight excluding hydrogens is 282 g/mol. The van der Waals surface area contributed by atoms with Crippen LogP contribution in [0.4, 0.5) is 0 Å². The molecule has 0 radical (unpaired) electrons. The molecule has 2 aromatic heterocycles. The Balaban J connectivity index is 2.08. The summed E-state index contributed by atoms with van der Waals surface area (Å²) in [5, 5.41) is 0. The predicted octanol–water partition coefficient (Wildman–Crippen LogP) is 1.72. The van der Waals surface area contributed by atoms with Gasteiger partial charge < -0.3 is 9.47 Å². The van der Waals surface area contributed by atoms with Crippen molar-refractivity contribution in [3.05, 3.63) is 52.4 Å². The SMILES string of the molecule is COc1ccc(-n2c3c(c(=O)c4nccnc42)CCO3)cc1. The Bertz CT molecular complexity index is 916. The van der Waals surface area contributed by atoms with Gasteiger partial charge in [-0.2, -0.15) is 0 Å². The van der Waals surface area contributed by atoms with Crippen molar-refractivity contribution in [3.8, 4) is 17.3 Å². The summed E-state index contributed by atoms with van der Waals surface area (Å²) in [6, 6.07) is 7.52. The summed E-state index contributed by atoms with van der Waals surface area (Å²) in [6.07, 6.45) is 3.70. The maximum atomic E-state index is 12.5. The quantitative estimate of drug-likeness (QED) is 0.720. The lowest BCUT2D eigenvalue weighted by Gasteiger charge is -2.14. The van der Waals surface area contributed by atoms with Gasteiger partial charge in [-0.05, 0) is 24.3 Å². The van der Waals surface area contributed by atoms with Gasteiger partial charge in [0, 0.05) is 18.8 Å². The largest absolute Gasteiger partial charge is 0.497 e. The molecule has 1 aliphatic heterocycles. The molecule has 0 aliphatic carbocycles. The fraction of sp³-hybridized carbons (Fsp3) is 0.188. The highest BCUT2D eigenvalue weighted by molar-refractivity contribution is 5.75. The summed E-state index contributed by atoms with van der Waals surface area (Å²) in [5.74, 6) is 1.32. The van der Waals surface area contributed by atoms with E-state index in [2.05, 4.69) is 9.97 Å². The van der Waals surface area contributed by atoms with Crippen molar-refractivity contribution >= 4 is 11.2 Å². The van der Waals surface area contributed by atoms with Crippen LogP contribution in [-0.2, 0) is 6.42 Å². The van der Waals surface area contributed by atoms with Crippen molar-refractivity contribution in [2.45, 2.75) is 6.42 Å². The number of pyridine rings is 1. The first-order valence-corrected chi connectivity index (χ1v) is 6.95. The second-order valence-electron chi connectivity index (χ2n) is 4.97. The molecule has 0 N–H and O–H groups in total. The zero-order valence-corrected chi connectivity index (χ0v) is 11.9. The Morgan fingerprint density at radius 2 is 1.95 bits per heavy atom. The molecule has 0 bridgehead atoms. The van der Waals surface area contributed by atoms with Crippen LogP contribution in [0.3, 0.4) is 0 Å². The molecule has 4 rings (SSSR count). The number of hydrogen-bond acceptors (Lipinski definition) is 5. The molecule has 3 heterocycles. The normalized spacial score (nSPS) is 13.0. The van der Waals surface area contributed by atoms with Crippen LogP contribution >= 0.6 is 0 Å². The molecule has 1 aromatic carbocycles. The van der Waals surface area contributed by atoms with E-state index in [9.17, 15) is 4.79 Å². The maximum absolute atomic E-state index is 12.5. The first-order chi connectivity index (χ1) is 10.8. The fourth-order valence-corrected chi connectivity index (χ4v) is 2.72. The van der Waals surface area contributed by atoms with Gasteiger partial charge in [-0.15, -0.1) is 0 Å². The summed E-state index contributed by atoms with van der Waals surface area (Å²) in [4.78, 5) is 21.0. The highest BCUT2D eigenvalue weighted by Gasteiger charge is 2.24. The van der Waals surface area contributed by atoms with Crippen molar-refractivity contribution < 1.29 is 9.47 Å². The van der Waals surface area contributed by atoms with Gasteiger partial charge in [-0.3, -0.25) is 9.36 Å². The lowest BCUT2D eigenvalue weighted by Crippen LogP contribution is -2.15. The lowest BCUT2D eigenvalue weighted by atomic mass is 10.2. The number of methoxy groups -OCH3 is 1. The second kappa shape index (κ2) is 4.84. The van der Waals surface area contributed by atoms with Crippen LogP contribution in [0.5, 0.6) is 11.6 Å². The summed E-state index contributed by atoms with van der Waals surface area (Å²) < 4.78 is 12.7. The number of ether oxygens (including phenoxy) is 2. The zero-order valence-electron chi connectivity index (χ0n) is 11.9. The second-order valence-corrected chi connectivity index (χ2v) is 4.97. The third kappa shape index (κ3) is 1.77. The minimum atomic E-state index is -0.0969. The van der Waals surface area contributed by atoms with Crippen molar-refractivity contribution in [3.63, 3.8) is 0 Å². The summed E-state index contributed by atoms with van der Waals surface area (Å²) in [7, 11) is 1.62. The van der Waals surface area contributed by atoms with Crippen LogP contribution < -0.4 is 14.9 Å². The van der Waals surface area contributed by atoms with Crippen LogP contribution in [-0.4, -0.2) is 28.3 Å². The molecule has 1 aliphatic rings. The first kappa shape index (κ1) is 12.8. The summed E-state index contributed by atoms with van der Waals surface area (Å²) >= 11 is 0. The molecule has 0 saturated heterocycles. The molecule has 110 valence electrons. The van der Waals surface area contributed by atoms with E-state index in [1.165, 1.54) is 6.20 Å². The molecule has 0 fully saturated rings. The van der Waals surface area contributed by atoms with E-state index in [-0.39, 0.29) is 5.43 Å². The van der Waals surface area contributed by atoms with Gasteiger partial charge in [0.15, 0.2) is 11.2 Å². The Labute approximate surface area is 126 Å². The number of aromatic nitrogens is 3. The monoisotopic (exact) mass is 295 g/mol. The van der Waals surface area contributed by atoms with Gasteiger partial charge in [-0.25, -0.2) is 9.97 Å². The Morgan fingerprint density at radius 1 is 1.18 bits per heavy atom. The molecule has 22 heavy (non-hydrogen) atoms. The zero-order chi connectivity index (χ0) is 15.1. The Kier molecular flexibility index (Phi) is 2.82. The molecule has 0 unspecified atom stereocenters. The predicted molar refractivity (Wildman–Crippen MR) is 80.9 cm³/mol. The number of fused-ring (bicyclic) bond motifs is 2. The number of hydrogen-bond donors (Lipinski definition) is 0. The minimum Gasteiger partial charge on any atom is -0.497 e. The van der Waals surface area contributed by atoms with Crippen molar-refractivity contribution in [1.82, 2.24) is 14.5 Å². The van der Waals surface area contributed by atoms with E-state index in [0.717, 1.165) is 11.4 Å². The van der Waals surface area contributed by atoms with Crippen molar-refractivity contribution in [2.24, 2.45) is 0 Å². The van der Waals surface area contributed by atoms with Crippen LogP contribution in [0.15, 0.2) is 41.5 Å². The topological polar surface area (TPSA) is 66.2 Å². The standard InChI is InChI=1S/C16H13N3O3/c1-21-11-4-2-10(3-5-11)19-15-13(17-7-8-18-15)14(20)12-6-9-22-16(12)19/h2-5,7-8H,6,9H2,1H3. The molecular formula is C16H13N3O3. The van der Waals surface area contributed by atoms with Gasteiger partial charge in [0.25, 0.3) is 0 Å². The third-order valence-corrected chi connectivity index (χ3v) is 3.76. The van der Waals surface area contributed by atoms with Crippen LogP contribution in [0.2, 0.25) is 0 Å². The molecule has 0 saturated carbocycles. The van der Waals surface area contributed by atoms with E-state index < -0.39 is 0 Å². The molecule has 0 amide bonds. The Hall–Kier alpha value is -2.89. The van der Waals surface area contributed by atoms with E-state index >= 15 is 0 Å². The van der Waals surface area contributed by atoms with Gasteiger partial charge in [0.1, 0.15) is 5.75 Å². The number of nitrogens with zero attached hydrogens (tertiary/aromatic N) is 3. The summed E-state index contributed by atoms with van der Waals surface area (Å²) in [6.45, 7) is 0.497. The molecule has 3 aromatic rings. The van der Waals surface area contributed by atoms with E-state index in [1.807, 2.05) is 28.8 Å². The van der Waals surface area contributed by atoms with Gasteiger partial charge in [0.05, 0.1) is 25.0 Å². The van der Waals surface area contributed by atoms with Crippen molar-refractivity contribution in [2.75, 3.05) is 13.7 Å². The van der Waals surface area contributed by atoms with E-state index in [0.29, 0.717) is 35.6 Å². The average molecular weight is 295 g/mol. The fourth-order valence-electron chi connectivity index (χ4n) is 2.72. The van der Waals surface area contributed by atoms with Crippen LogP contribution in [0, 0.1) is 0 Å². The van der Waals surface area contributed by atoms with Gasteiger partial charge in [0.2, 0.25) is 11.3 Å². The highest BCUT2D eigenvalue weighted by atomic mass is 16.5. The van der Waals surface area contributed by atoms with Crippen molar-refractivity contribution in [1.29, 1.82) is 0 Å². The van der Waals surface area contributed by atoms with E-state index in [1.54, 1.807) is 13.3 Å². The maximum Gasteiger partial charge on any atom is 0.216 e. The first-order valence-electron chi connectivity index (χ1n) is 6.95. The average Bonchev–Trinajstić information content (AvgIpc) is 3.05. The summed E-state index contributed by atoms with van der Waals surface area (Å²) in [5.41, 5.74) is 2.27. The number of benzene rings is 1. The molecule has 6 nitrogen and oxygen atoms in total. The lowest BCUT2D eigenvalue weighted by molar-refractivity contribution is 0.338. The smallest absolute Gasteiger partial charge is 0.216 e. The molecule has 0 atom stereocenters.